The van der Waals surface area contributed by atoms with Crippen LogP contribution >= 0.6 is 27.7 Å². The number of benzene rings is 1. The second-order valence-electron chi connectivity index (χ2n) is 5.43. The number of halogens is 2. The zero-order chi connectivity index (χ0) is 16.3. The molecular formula is C16H20BrFO3S. The quantitative estimate of drug-likeness (QED) is 0.559. The Morgan fingerprint density at radius 2 is 2.23 bits per heavy atom. The normalized spacial score (nSPS) is 25.0. The number of carbonyl (C=O) groups is 1. The van der Waals surface area contributed by atoms with Crippen LogP contribution in [0, 0.1) is 12.7 Å². The van der Waals surface area contributed by atoms with Crippen molar-refractivity contribution in [3.05, 3.63) is 34.6 Å². The van der Waals surface area contributed by atoms with Crippen molar-refractivity contribution in [1.29, 1.82) is 0 Å². The number of carbonyl (C=O) groups excluding carboxylic acids is 1. The van der Waals surface area contributed by atoms with E-state index >= 15 is 0 Å². The molecule has 0 bridgehead atoms. The van der Waals surface area contributed by atoms with Crippen LogP contribution in [0.25, 0.3) is 0 Å². The SMILES string of the molecule is CSC1CC(OC(C)=O)CC(c2cc(CBr)c(F)cc2C)O1. The van der Waals surface area contributed by atoms with Crippen LogP contribution in [-0.2, 0) is 19.6 Å². The molecule has 3 unspecified atom stereocenters. The molecule has 1 saturated heterocycles. The Morgan fingerprint density at radius 3 is 2.82 bits per heavy atom. The van der Waals surface area contributed by atoms with Crippen LogP contribution in [0.5, 0.6) is 0 Å². The molecule has 1 heterocycles. The molecule has 1 aromatic carbocycles. The zero-order valence-electron chi connectivity index (χ0n) is 12.9. The summed E-state index contributed by atoms with van der Waals surface area (Å²) in [5.41, 5.74) is 2.40. The number of hydrogen-bond donors (Lipinski definition) is 0. The van der Waals surface area contributed by atoms with Gasteiger partial charge in [-0.3, -0.25) is 4.79 Å². The highest BCUT2D eigenvalue weighted by Crippen LogP contribution is 2.38. The summed E-state index contributed by atoms with van der Waals surface area (Å²) in [7, 11) is 0. The summed E-state index contributed by atoms with van der Waals surface area (Å²) in [6.07, 6.45) is 2.91. The van der Waals surface area contributed by atoms with Crippen LogP contribution in [0.15, 0.2) is 12.1 Å². The summed E-state index contributed by atoms with van der Waals surface area (Å²) in [6, 6.07) is 3.39. The van der Waals surface area contributed by atoms with Crippen molar-refractivity contribution in [2.75, 3.05) is 6.26 Å². The van der Waals surface area contributed by atoms with E-state index in [0.29, 0.717) is 23.7 Å². The molecule has 0 aromatic heterocycles. The van der Waals surface area contributed by atoms with E-state index in [1.165, 1.54) is 6.92 Å². The molecule has 1 aliphatic rings. The van der Waals surface area contributed by atoms with Gasteiger partial charge in [-0.25, -0.2) is 4.39 Å². The lowest BCUT2D eigenvalue weighted by atomic mass is 9.94. The Balaban J connectivity index is 2.27. The summed E-state index contributed by atoms with van der Waals surface area (Å²) in [5, 5.41) is 0.457. The third-order valence-electron chi connectivity index (χ3n) is 3.77. The third kappa shape index (κ3) is 4.24. The van der Waals surface area contributed by atoms with Crippen molar-refractivity contribution < 1.29 is 18.7 Å². The van der Waals surface area contributed by atoms with E-state index in [-0.39, 0.29) is 29.4 Å². The Bertz CT molecular complexity index is 552. The van der Waals surface area contributed by atoms with Gasteiger partial charge in [-0.15, -0.1) is 11.8 Å². The maximum atomic E-state index is 13.8. The monoisotopic (exact) mass is 390 g/mol. The molecule has 6 heteroatoms. The molecule has 0 spiro atoms. The lowest BCUT2D eigenvalue weighted by Crippen LogP contribution is -2.32. The molecule has 2 rings (SSSR count). The van der Waals surface area contributed by atoms with Gasteiger partial charge in [0.25, 0.3) is 0 Å². The first-order valence-electron chi connectivity index (χ1n) is 7.15. The van der Waals surface area contributed by atoms with Crippen LogP contribution in [-0.4, -0.2) is 23.8 Å². The average molecular weight is 391 g/mol. The third-order valence-corrected chi connectivity index (χ3v) is 5.20. The predicted molar refractivity (Wildman–Crippen MR) is 89.7 cm³/mol. The average Bonchev–Trinajstić information content (AvgIpc) is 2.46. The second-order valence-corrected chi connectivity index (χ2v) is 6.98. The van der Waals surface area contributed by atoms with Gasteiger partial charge in [0.05, 0.1) is 6.10 Å². The van der Waals surface area contributed by atoms with Crippen LogP contribution in [0.2, 0.25) is 0 Å². The molecule has 0 radical (unpaired) electrons. The van der Waals surface area contributed by atoms with E-state index in [1.807, 2.05) is 19.2 Å². The number of rotatable bonds is 4. The first kappa shape index (κ1) is 17.8. The fourth-order valence-electron chi connectivity index (χ4n) is 2.71. The van der Waals surface area contributed by atoms with Gasteiger partial charge in [-0.05, 0) is 42.0 Å². The molecule has 0 aliphatic carbocycles. The fourth-order valence-corrected chi connectivity index (χ4v) is 3.79. The van der Waals surface area contributed by atoms with Gasteiger partial charge in [0.15, 0.2) is 0 Å². The van der Waals surface area contributed by atoms with Gasteiger partial charge in [-0.1, -0.05) is 15.9 Å². The minimum atomic E-state index is -0.275. The maximum absolute atomic E-state index is 13.8. The van der Waals surface area contributed by atoms with Crippen molar-refractivity contribution in [3.63, 3.8) is 0 Å². The highest BCUT2D eigenvalue weighted by atomic mass is 79.9. The highest BCUT2D eigenvalue weighted by molar-refractivity contribution is 9.08. The summed E-state index contributed by atoms with van der Waals surface area (Å²) in [5.74, 6) is -0.491. The predicted octanol–water partition coefficient (Wildman–Crippen LogP) is 4.50. The van der Waals surface area contributed by atoms with Gasteiger partial charge in [0.2, 0.25) is 0 Å². The number of thioether (sulfide) groups is 1. The standard InChI is InChI=1S/C16H20BrFO3S/c1-9-4-14(18)11(8-17)5-13(9)15-6-12(20-10(2)19)7-16(21-15)22-3/h4-5,12,15-16H,6-8H2,1-3H3. The lowest BCUT2D eigenvalue weighted by molar-refractivity contribution is -0.155. The van der Waals surface area contributed by atoms with Gasteiger partial charge in [-0.2, -0.15) is 0 Å². The number of aryl methyl sites for hydroxylation is 1. The van der Waals surface area contributed by atoms with E-state index in [1.54, 1.807) is 17.8 Å². The molecule has 1 aliphatic heterocycles. The fraction of sp³-hybridized carbons (Fsp3) is 0.562. The van der Waals surface area contributed by atoms with Crippen molar-refractivity contribution >= 4 is 33.7 Å². The molecular weight excluding hydrogens is 371 g/mol. The van der Waals surface area contributed by atoms with Crippen LogP contribution < -0.4 is 0 Å². The lowest BCUT2D eigenvalue weighted by Gasteiger charge is -2.35. The van der Waals surface area contributed by atoms with Gasteiger partial charge in [0.1, 0.15) is 17.4 Å². The van der Waals surface area contributed by atoms with Crippen LogP contribution in [0.4, 0.5) is 4.39 Å². The summed E-state index contributed by atoms with van der Waals surface area (Å²) < 4.78 is 25.3. The molecule has 1 aromatic rings. The number of ether oxygens (including phenoxy) is 2. The molecule has 122 valence electrons. The minimum Gasteiger partial charge on any atom is -0.462 e. The highest BCUT2D eigenvalue weighted by Gasteiger charge is 2.32. The van der Waals surface area contributed by atoms with Gasteiger partial charge in [0, 0.05) is 25.1 Å². The maximum Gasteiger partial charge on any atom is 0.302 e. The molecule has 1 fully saturated rings. The Labute approximate surface area is 143 Å². The Hall–Kier alpha value is -0.590. The van der Waals surface area contributed by atoms with Crippen molar-refractivity contribution in [1.82, 2.24) is 0 Å². The molecule has 3 nitrogen and oxygen atoms in total. The van der Waals surface area contributed by atoms with Crippen LogP contribution in [0.1, 0.15) is 42.6 Å². The smallest absolute Gasteiger partial charge is 0.302 e. The van der Waals surface area contributed by atoms with Gasteiger partial charge >= 0.3 is 5.97 Å². The first-order chi connectivity index (χ1) is 10.4. The summed E-state index contributed by atoms with van der Waals surface area (Å²) in [6.45, 7) is 3.30. The van der Waals surface area contributed by atoms with Crippen LogP contribution in [0.3, 0.4) is 0 Å². The molecule has 3 atom stereocenters. The Morgan fingerprint density at radius 1 is 1.50 bits per heavy atom. The van der Waals surface area contributed by atoms with Gasteiger partial charge < -0.3 is 9.47 Å². The number of hydrogen-bond acceptors (Lipinski definition) is 4. The largest absolute Gasteiger partial charge is 0.462 e. The van der Waals surface area contributed by atoms with E-state index in [9.17, 15) is 9.18 Å². The second kappa shape index (κ2) is 7.79. The number of esters is 1. The zero-order valence-corrected chi connectivity index (χ0v) is 15.3. The van der Waals surface area contributed by atoms with Crippen molar-refractivity contribution in [2.45, 2.75) is 49.7 Å². The van der Waals surface area contributed by atoms with E-state index in [0.717, 1.165) is 11.1 Å². The van der Waals surface area contributed by atoms with E-state index in [2.05, 4.69) is 15.9 Å². The Kier molecular flexibility index (Phi) is 6.29. The molecule has 0 amide bonds. The number of alkyl halides is 1. The molecule has 0 N–H and O–H groups in total. The minimum absolute atomic E-state index is 0.0278. The van der Waals surface area contributed by atoms with E-state index < -0.39 is 0 Å². The summed E-state index contributed by atoms with van der Waals surface area (Å²) >= 11 is 4.90. The van der Waals surface area contributed by atoms with E-state index in [4.69, 9.17) is 9.47 Å². The van der Waals surface area contributed by atoms with Crippen molar-refractivity contribution in [3.8, 4) is 0 Å². The topological polar surface area (TPSA) is 35.5 Å². The molecule has 0 saturated carbocycles. The molecule has 22 heavy (non-hydrogen) atoms. The summed E-state index contributed by atoms with van der Waals surface area (Å²) in [4.78, 5) is 11.2. The first-order valence-corrected chi connectivity index (χ1v) is 9.55. The van der Waals surface area contributed by atoms with Crippen molar-refractivity contribution in [2.24, 2.45) is 0 Å².